The van der Waals surface area contributed by atoms with Gasteiger partial charge in [0.2, 0.25) is 0 Å². The zero-order valence-corrected chi connectivity index (χ0v) is 30.7. The third kappa shape index (κ3) is 4.32. The standard InChI is InChI=1S/C49H37N5/c1-49(2,3)31-25-26-50-45(28-31)54-44-29-32(22-24-39(44)46-37-16-7-5-13-33(37)34-14-6-8-17-38(34)47(46)54)53-41-19-11-9-15-35(41)36-23-21-30(27-43(36)53)48-51-40-18-10-12-20-42(40)52(48)4/h5-29H,1-4H3. The van der Waals surface area contributed by atoms with Crippen molar-refractivity contribution in [2.24, 2.45) is 7.05 Å². The van der Waals surface area contributed by atoms with Gasteiger partial charge in [-0.25, -0.2) is 9.97 Å². The van der Waals surface area contributed by atoms with Gasteiger partial charge in [0.05, 0.1) is 33.1 Å². The van der Waals surface area contributed by atoms with E-state index in [9.17, 15) is 0 Å². The molecule has 0 aliphatic rings. The van der Waals surface area contributed by atoms with Crippen molar-refractivity contribution in [2.75, 3.05) is 0 Å². The Morgan fingerprint density at radius 3 is 1.91 bits per heavy atom. The molecule has 0 saturated carbocycles. The first-order valence-electron chi connectivity index (χ1n) is 18.6. The Morgan fingerprint density at radius 2 is 1.13 bits per heavy atom. The average molecular weight is 696 g/mol. The molecule has 0 fully saturated rings. The molecule has 5 nitrogen and oxygen atoms in total. The molecule has 4 aromatic heterocycles. The van der Waals surface area contributed by atoms with Gasteiger partial charge in [-0.2, -0.15) is 0 Å². The van der Waals surface area contributed by atoms with E-state index in [0.29, 0.717) is 0 Å². The highest BCUT2D eigenvalue weighted by atomic mass is 15.1. The predicted molar refractivity (Wildman–Crippen MR) is 226 cm³/mol. The molecule has 0 aliphatic heterocycles. The van der Waals surface area contributed by atoms with Crippen LogP contribution in [0.2, 0.25) is 0 Å². The number of hydrogen-bond donors (Lipinski definition) is 0. The van der Waals surface area contributed by atoms with Gasteiger partial charge in [-0.1, -0.05) is 118 Å². The lowest BCUT2D eigenvalue weighted by atomic mass is 9.88. The number of nitrogens with zero attached hydrogens (tertiary/aromatic N) is 5. The van der Waals surface area contributed by atoms with Crippen LogP contribution in [0.1, 0.15) is 26.3 Å². The lowest BCUT2D eigenvalue weighted by Gasteiger charge is -2.20. The van der Waals surface area contributed by atoms with Crippen molar-refractivity contribution in [1.82, 2.24) is 23.7 Å². The van der Waals surface area contributed by atoms with Crippen LogP contribution in [0.5, 0.6) is 0 Å². The molecule has 258 valence electrons. The number of hydrogen-bond acceptors (Lipinski definition) is 2. The normalized spacial score (nSPS) is 12.4. The maximum Gasteiger partial charge on any atom is 0.140 e. The summed E-state index contributed by atoms with van der Waals surface area (Å²) in [5.41, 5.74) is 10.1. The van der Waals surface area contributed by atoms with Crippen molar-refractivity contribution < 1.29 is 0 Å². The van der Waals surface area contributed by atoms with Gasteiger partial charge >= 0.3 is 0 Å². The Labute approximate surface area is 312 Å². The van der Waals surface area contributed by atoms with E-state index in [0.717, 1.165) is 45.0 Å². The van der Waals surface area contributed by atoms with Crippen molar-refractivity contribution in [3.8, 4) is 22.9 Å². The molecule has 54 heavy (non-hydrogen) atoms. The molecular formula is C49H37N5. The monoisotopic (exact) mass is 695 g/mol. The smallest absolute Gasteiger partial charge is 0.140 e. The summed E-state index contributed by atoms with van der Waals surface area (Å²) in [6.07, 6.45) is 1.97. The van der Waals surface area contributed by atoms with Crippen LogP contribution in [0.3, 0.4) is 0 Å². The number of fused-ring (bicyclic) bond motifs is 12. The van der Waals surface area contributed by atoms with E-state index in [-0.39, 0.29) is 5.41 Å². The molecule has 0 amide bonds. The summed E-state index contributed by atoms with van der Waals surface area (Å²) in [7, 11) is 2.10. The van der Waals surface area contributed by atoms with Crippen molar-refractivity contribution in [1.29, 1.82) is 0 Å². The predicted octanol–water partition coefficient (Wildman–Crippen LogP) is 12.4. The fourth-order valence-electron chi connectivity index (χ4n) is 8.84. The molecule has 7 aromatic carbocycles. The number of aryl methyl sites for hydroxylation is 1. The molecule has 5 heteroatoms. The largest absolute Gasteiger partial charge is 0.327 e. The fourth-order valence-corrected chi connectivity index (χ4v) is 8.84. The van der Waals surface area contributed by atoms with Crippen LogP contribution in [-0.2, 0) is 12.5 Å². The van der Waals surface area contributed by atoms with E-state index in [1.54, 1.807) is 0 Å². The third-order valence-corrected chi connectivity index (χ3v) is 11.4. The van der Waals surface area contributed by atoms with E-state index < -0.39 is 0 Å². The van der Waals surface area contributed by atoms with Crippen LogP contribution in [0.4, 0.5) is 0 Å². The van der Waals surface area contributed by atoms with Gasteiger partial charge in [0.25, 0.3) is 0 Å². The van der Waals surface area contributed by atoms with Gasteiger partial charge in [0.1, 0.15) is 11.6 Å². The van der Waals surface area contributed by atoms with Crippen LogP contribution in [0, 0.1) is 0 Å². The lowest BCUT2D eigenvalue weighted by molar-refractivity contribution is 0.589. The van der Waals surface area contributed by atoms with Gasteiger partial charge in [-0.05, 0) is 75.7 Å². The Balaban J connectivity index is 1.26. The second-order valence-electron chi connectivity index (χ2n) is 15.6. The van der Waals surface area contributed by atoms with Crippen LogP contribution >= 0.6 is 0 Å². The van der Waals surface area contributed by atoms with Gasteiger partial charge in [0, 0.05) is 51.4 Å². The van der Waals surface area contributed by atoms with Crippen molar-refractivity contribution in [3.63, 3.8) is 0 Å². The van der Waals surface area contributed by atoms with E-state index in [4.69, 9.17) is 9.97 Å². The molecular weight excluding hydrogens is 659 g/mol. The quantitative estimate of drug-likeness (QED) is 0.173. The molecule has 0 bridgehead atoms. The highest BCUT2D eigenvalue weighted by molar-refractivity contribution is 6.32. The number of para-hydroxylation sites is 3. The van der Waals surface area contributed by atoms with Crippen molar-refractivity contribution in [3.05, 3.63) is 157 Å². The highest BCUT2D eigenvalue weighted by Gasteiger charge is 2.23. The minimum absolute atomic E-state index is 0.0316. The number of aromatic nitrogens is 5. The topological polar surface area (TPSA) is 40.6 Å². The van der Waals surface area contributed by atoms with Gasteiger partial charge in [-0.3, -0.25) is 4.57 Å². The zero-order chi connectivity index (χ0) is 36.3. The first-order valence-corrected chi connectivity index (χ1v) is 18.6. The first-order chi connectivity index (χ1) is 26.3. The Hall–Kier alpha value is -6.72. The van der Waals surface area contributed by atoms with Crippen LogP contribution in [-0.4, -0.2) is 23.7 Å². The molecule has 0 aliphatic carbocycles. The summed E-state index contributed by atoms with van der Waals surface area (Å²) < 4.78 is 7.03. The summed E-state index contributed by atoms with van der Waals surface area (Å²) in [6.45, 7) is 6.80. The highest BCUT2D eigenvalue weighted by Crippen LogP contribution is 2.44. The fraction of sp³-hybridized carbons (Fsp3) is 0.102. The Morgan fingerprint density at radius 1 is 0.500 bits per heavy atom. The van der Waals surface area contributed by atoms with Gasteiger partial charge in [-0.15, -0.1) is 0 Å². The minimum Gasteiger partial charge on any atom is -0.327 e. The van der Waals surface area contributed by atoms with E-state index in [1.807, 2.05) is 6.20 Å². The molecule has 0 N–H and O–H groups in total. The molecule has 0 atom stereocenters. The number of pyridine rings is 1. The molecule has 0 radical (unpaired) electrons. The number of benzene rings is 7. The SMILES string of the molecule is Cn1c(-c2ccc3c4ccccc4n(-c4ccc5c6c7ccccc7c7ccccc7c6n(-c6cc(C(C)(C)C)ccn6)c5c4)c3c2)nc2ccccc21. The number of imidazole rings is 1. The summed E-state index contributed by atoms with van der Waals surface area (Å²) in [5, 5.41) is 9.87. The average Bonchev–Trinajstić information content (AvgIpc) is 3.84. The molecule has 0 saturated heterocycles. The summed E-state index contributed by atoms with van der Waals surface area (Å²) in [5.74, 6) is 1.88. The maximum atomic E-state index is 5.09. The van der Waals surface area contributed by atoms with E-state index in [1.165, 1.54) is 59.7 Å². The zero-order valence-electron chi connectivity index (χ0n) is 30.7. The molecule has 11 aromatic rings. The Kier molecular flexibility index (Phi) is 6.37. The number of rotatable bonds is 3. The minimum atomic E-state index is -0.0316. The van der Waals surface area contributed by atoms with Crippen molar-refractivity contribution >= 4 is 76.2 Å². The Bertz CT molecular complexity index is 3330. The van der Waals surface area contributed by atoms with Crippen LogP contribution in [0.25, 0.3) is 99.1 Å². The van der Waals surface area contributed by atoms with Gasteiger partial charge in [0.15, 0.2) is 0 Å². The van der Waals surface area contributed by atoms with Crippen molar-refractivity contribution in [2.45, 2.75) is 26.2 Å². The molecule has 0 unspecified atom stereocenters. The maximum absolute atomic E-state index is 5.09. The second kappa shape index (κ2) is 11.1. The third-order valence-electron chi connectivity index (χ3n) is 11.4. The molecule has 0 spiro atoms. The van der Waals surface area contributed by atoms with Crippen LogP contribution < -0.4 is 0 Å². The summed E-state index contributed by atoms with van der Waals surface area (Å²) in [4.78, 5) is 10.2. The van der Waals surface area contributed by atoms with Crippen LogP contribution in [0.15, 0.2) is 152 Å². The van der Waals surface area contributed by atoms with Gasteiger partial charge < -0.3 is 9.13 Å². The van der Waals surface area contributed by atoms with E-state index in [2.05, 4.69) is 187 Å². The lowest BCUT2D eigenvalue weighted by Crippen LogP contribution is -2.12. The molecule has 4 heterocycles. The summed E-state index contributed by atoms with van der Waals surface area (Å²) >= 11 is 0. The molecule has 11 rings (SSSR count). The second-order valence-corrected chi connectivity index (χ2v) is 15.6. The van der Waals surface area contributed by atoms with E-state index >= 15 is 0 Å². The summed E-state index contributed by atoms with van der Waals surface area (Å²) in [6, 6.07) is 53.0. The first kappa shape index (κ1) is 30.9.